The van der Waals surface area contributed by atoms with Gasteiger partial charge in [-0.15, -0.1) is 0 Å². The van der Waals surface area contributed by atoms with Gasteiger partial charge in [-0.1, -0.05) is 6.07 Å². The highest BCUT2D eigenvalue weighted by atomic mass is 15.1. The van der Waals surface area contributed by atoms with Crippen LogP contribution in [0, 0.1) is 11.3 Å². The van der Waals surface area contributed by atoms with E-state index in [1.807, 2.05) is 12.3 Å². The molecule has 1 saturated heterocycles. The Labute approximate surface area is 102 Å². The highest BCUT2D eigenvalue weighted by molar-refractivity contribution is 5.79. The lowest BCUT2D eigenvalue weighted by Crippen LogP contribution is -2.41. The number of amidine groups is 1. The second-order valence-electron chi connectivity index (χ2n) is 4.71. The Kier molecular flexibility index (Phi) is 4.09. The summed E-state index contributed by atoms with van der Waals surface area (Å²) in [5.74, 6) is 0.605. The molecule has 1 aliphatic heterocycles. The van der Waals surface area contributed by atoms with Gasteiger partial charge in [0.25, 0.3) is 0 Å². The summed E-state index contributed by atoms with van der Waals surface area (Å²) < 4.78 is 0. The van der Waals surface area contributed by atoms with E-state index >= 15 is 0 Å². The number of nitrogens with two attached hydrogens (primary N) is 1. The number of rotatable bonds is 4. The summed E-state index contributed by atoms with van der Waals surface area (Å²) in [4.78, 5) is 6.52. The molecule has 0 aromatic carbocycles. The number of aromatic nitrogens is 1. The van der Waals surface area contributed by atoms with Crippen LogP contribution in [0.3, 0.4) is 0 Å². The van der Waals surface area contributed by atoms with Gasteiger partial charge < -0.3 is 10.6 Å². The smallest absolute Gasteiger partial charge is 0.0949 e. The largest absolute Gasteiger partial charge is 0.387 e. The van der Waals surface area contributed by atoms with Crippen LogP contribution in [0.25, 0.3) is 0 Å². The van der Waals surface area contributed by atoms with Crippen molar-refractivity contribution < 1.29 is 0 Å². The fourth-order valence-electron chi connectivity index (χ4n) is 2.35. The summed E-state index contributed by atoms with van der Waals surface area (Å²) in [7, 11) is 0. The van der Waals surface area contributed by atoms with Crippen LogP contribution in [-0.2, 0) is 6.42 Å². The average Bonchev–Trinajstić information content (AvgIpc) is 2.38. The van der Waals surface area contributed by atoms with Crippen molar-refractivity contribution in [3.63, 3.8) is 0 Å². The molecule has 0 spiro atoms. The second kappa shape index (κ2) is 5.77. The lowest BCUT2D eigenvalue weighted by atomic mass is 9.97. The van der Waals surface area contributed by atoms with Crippen molar-refractivity contribution in [1.82, 2.24) is 9.88 Å². The molecular weight excluding hydrogens is 212 g/mol. The molecule has 1 atom stereocenters. The minimum Gasteiger partial charge on any atom is -0.387 e. The Balaban J connectivity index is 1.81. The van der Waals surface area contributed by atoms with Gasteiger partial charge in [0, 0.05) is 31.4 Å². The highest BCUT2D eigenvalue weighted by Crippen LogP contribution is 2.16. The maximum absolute atomic E-state index is 7.52. The first-order chi connectivity index (χ1) is 8.25. The van der Waals surface area contributed by atoms with Crippen molar-refractivity contribution in [3.05, 3.63) is 30.1 Å². The molecule has 1 unspecified atom stereocenters. The molecule has 2 rings (SSSR count). The van der Waals surface area contributed by atoms with Crippen molar-refractivity contribution in [2.24, 2.45) is 11.7 Å². The SMILES string of the molecule is N=C(N)C1CCCN(CCc2cccnc2)C1. The van der Waals surface area contributed by atoms with Gasteiger partial charge in [0.1, 0.15) is 0 Å². The quantitative estimate of drug-likeness (QED) is 0.607. The molecule has 3 N–H and O–H groups in total. The lowest BCUT2D eigenvalue weighted by molar-refractivity contribution is 0.205. The van der Waals surface area contributed by atoms with E-state index in [1.54, 1.807) is 6.20 Å². The molecule has 17 heavy (non-hydrogen) atoms. The fourth-order valence-corrected chi connectivity index (χ4v) is 2.35. The van der Waals surface area contributed by atoms with Crippen molar-refractivity contribution in [2.45, 2.75) is 19.3 Å². The van der Waals surface area contributed by atoms with E-state index in [4.69, 9.17) is 11.1 Å². The maximum Gasteiger partial charge on any atom is 0.0949 e. The zero-order valence-corrected chi connectivity index (χ0v) is 10.1. The van der Waals surface area contributed by atoms with Gasteiger partial charge in [-0.25, -0.2) is 0 Å². The number of piperidine rings is 1. The Morgan fingerprint density at radius 1 is 1.59 bits per heavy atom. The molecule has 0 amide bonds. The molecule has 1 aromatic rings. The molecule has 2 heterocycles. The van der Waals surface area contributed by atoms with Crippen LogP contribution < -0.4 is 5.73 Å². The Bertz CT molecular complexity index is 363. The molecular formula is C13H20N4. The third kappa shape index (κ3) is 3.53. The normalized spacial score (nSPS) is 21.3. The minimum absolute atomic E-state index is 0.262. The fraction of sp³-hybridized carbons (Fsp3) is 0.538. The molecule has 92 valence electrons. The van der Waals surface area contributed by atoms with Crippen LogP contribution in [0.5, 0.6) is 0 Å². The molecule has 0 radical (unpaired) electrons. The average molecular weight is 232 g/mol. The topological polar surface area (TPSA) is 66.0 Å². The molecule has 1 aliphatic rings. The third-order valence-corrected chi connectivity index (χ3v) is 3.38. The number of nitrogens with one attached hydrogen (secondary N) is 1. The summed E-state index contributed by atoms with van der Waals surface area (Å²) in [5, 5.41) is 7.52. The van der Waals surface area contributed by atoms with Crippen LogP contribution in [0.2, 0.25) is 0 Å². The molecule has 1 aromatic heterocycles. The van der Waals surface area contributed by atoms with E-state index in [2.05, 4.69) is 16.0 Å². The predicted octanol–water partition coefficient (Wildman–Crippen LogP) is 1.27. The van der Waals surface area contributed by atoms with E-state index in [1.165, 1.54) is 5.56 Å². The van der Waals surface area contributed by atoms with Crippen LogP contribution in [0.4, 0.5) is 0 Å². The van der Waals surface area contributed by atoms with Crippen LogP contribution in [-0.4, -0.2) is 35.4 Å². The maximum atomic E-state index is 7.52. The molecule has 4 nitrogen and oxygen atoms in total. The van der Waals surface area contributed by atoms with Gasteiger partial charge in [-0.05, 0) is 37.4 Å². The Hall–Kier alpha value is -1.42. The van der Waals surface area contributed by atoms with Crippen LogP contribution in [0.1, 0.15) is 18.4 Å². The number of likely N-dealkylation sites (tertiary alicyclic amines) is 1. The minimum atomic E-state index is 0.262. The highest BCUT2D eigenvalue weighted by Gasteiger charge is 2.21. The van der Waals surface area contributed by atoms with Gasteiger partial charge in [0.05, 0.1) is 5.84 Å². The summed E-state index contributed by atoms with van der Waals surface area (Å²) >= 11 is 0. The van der Waals surface area contributed by atoms with E-state index in [9.17, 15) is 0 Å². The Morgan fingerprint density at radius 3 is 3.18 bits per heavy atom. The zero-order chi connectivity index (χ0) is 12.1. The first kappa shape index (κ1) is 12.0. The number of nitrogens with zero attached hydrogens (tertiary/aromatic N) is 2. The number of hydrogen-bond acceptors (Lipinski definition) is 3. The van der Waals surface area contributed by atoms with E-state index in [0.717, 1.165) is 38.9 Å². The zero-order valence-electron chi connectivity index (χ0n) is 10.1. The molecule has 4 heteroatoms. The summed E-state index contributed by atoms with van der Waals surface area (Å²) in [5.41, 5.74) is 6.86. The van der Waals surface area contributed by atoms with Crippen LogP contribution in [0.15, 0.2) is 24.5 Å². The Morgan fingerprint density at radius 2 is 2.47 bits per heavy atom. The molecule has 0 bridgehead atoms. The first-order valence-electron chi connectivity index (χ1n) is 6.21. The van der Waals surface area contributed by atoms with Gasteiger partial charge in [-0.2, -0.15) is 0 Å². The van der Waals surface area contributed by atoms with Crippen LogP contribution >= 0.6 is 0 Å². The van der Waals surface area contributed by atoms with Crippen molar-refractivity contribution in [1.29, 1.82) is 5.41 Å². The first-order valence-corrected chi connectivity index (χ1v) is 6.21. The summed E-state index contributed by atoms with van der Waals surface area (Å²) in [6, 6.07) is 4.09. The van der Waals surface area contributed by atoms with Gasteiger partial charge in [0.15, 0.2) is 0 Å². The van der Waals surface area contributed by atoms with E-state index in [0.29, 0.717) is 5.84 Å². The lowest BCUT2D eigenvalue weighted by Gasteiger charge is -2.32. The number of pyridine rings is 1. The predicted molar refractivity (Wildman–Crippen MR) is 69.0 cm³/mol. The molecule has 1 fully saturated rings. The van der Waals surface area contributed by atoms with Crippen molar-refractivity contribution in [3.8, 4) is 0 Å². The molecule has 0 aliphatic carbocycles. The summed E-state index contributed by atoms with van der Waals surface area (Å²) in [6.45, 7) is 3.11. The summed E-state index contributed by atoms with van der Waals surface area (Å²) in [6.07, 6.45) is 6.97. The van der Waals surface area contributed by atoms with E-state index in [-0.39, 0.29) is 5.92 Å². The van der Waals surface area contributed by atoms with Crippen molar-refractivity contribution >= 4 is 5.84 Å². The van der Waals surface area contributed by atoms with Gasteiger partial charge in [0.2, 0.25) is 0 Å². The number of hydrogen-bond donors (Lipinski definition) is 2. The van der Waals surface area contributed by atoms with Gasteiger partial charge in [-0.3, -0.25) is 10.4 Å². The van der Waals surface area contributed by atoms with E-state index < -0.39 is 0 Å². The van der Waals surface area contributed by atoms with Crippen molar-refractivity contribution in [2.75, 3.05) is 19.6 Å². The molecule has 0 saturated carbocycles. The standard InChI is InChI=1S/C13H20N4/c14-13(15)12-4-2-7-17(10-12)8-5-11-3-1-6-16-9-11/h1,3,6,9,12H,2,4-5,7-8,10H2,(H3,14,15). The monoisotopic (exact) mass is 232 g/mol. The van der Waals surface area contributed by atoms with Gasteiger partial charge >= 0.3 is 0 Å². The second-order valence-corrected chi connectivity index (χ2v) is 4.71. The third-order valence-electron chi connectivity index (χ3n) is 3.38.